The maximum Gasteiger partial charge on any atom is 0.266 e. The Hall–Kier alpha value is -1.56. The highest BCUT2D eigenvalue weighted by molar-refractivity contribution is 5.75. The Bertz CT molecular complexity index is 369. The number of nitrogens with zero attached hydrogens (tertiary/aromatic N) is 1. The highest BCUT2D eigenvalue weighted by Crippen LogP contribution is 2.26. The Balaban J connectivity index is 3.34. The summed E-state index contributed by atoms with van der Waals surface area (Å²) in [6, 6.07) is 1.14. The molecule has 0 amide bonds. The van der Waals surface area contributed by atoms with Gasteiger partial charge in [0, 0.05) is 17.7 Å². The molecule has 0 aliphatic carbocycles. The summed E-state index contributed by atoms with van der Waals surface area (Å²) in [5.41, 5.74) is 4.93. The number of methoxy groups -OCH3 is 1. The molecule has 2 N–H and O–H groups in total. The van der Waals surface area contributed by atoms with Crippen molar-refractivity contribution in [3.8, 4) is 5.88 Å². The topological polar surface area (TPSA) is 65.2 Å². The van der Waals surface area contributed by atoms with Crippen molar-refractivity contribution in [3.63, 3.8) is 0 Å². The van der Waals surface area contributed by atoms with Gasteiger partial charge in [0.05, 0.1) is 7.11 Å². The minimum absolute atomic E-state index is 0.0228. The minimum Gasteiger partial charge on any atom is -0.481 e. The fraction of sp³-hybridized carbons (Fsp3) is 0.333. The summed E-state index contributed by atoms with van der Waals surface area (Å²) in [6.07, 6.45) is -2.49. The zero-order valence-electron chi connectivity index (χ0n) is 8.04. The smallest absolute Gasteiger partial charge is 0.266 e. The lowest BCUT2D eigenvalue weighted by Gasteiger charge is -2.09. The van der Waals surface area contributed by atoms with Crippen molar-refractivity contribution in [3.05, 3.63) is 22.9 Å². The van der Waals surface area contributed by atoms with E-state index in [0.29, 0.717) is 5.56 Å². The summed E-state index contributed by atoms with van der Waals surface area (Å²) >= 11 is 0. The summed E-state index contributed by atoms with van der Waals surface area (Å²) in [5.74, 6) is 0.101. The fourth-order valence-electron chi connectivity index (χ4n) is 1.16. The molecule has 0 aromatic carbocycles. The average Bonchev–Trinajstić information content (AvgIpc) is 2.26. The molecule has 4 nitrogen and oxygen atoms in total. The molecule has 0 radical (unpaired) electrons. The minimum atomic E-state index is -2.76. The van der Waals surface area contributed by atoms with Crippen LogP contribution in [-0.4, -0.2) is 18.4 Å². The number of pyridine rings is 1. The molecule has 82 valence electrons. The predicted octanol–water partition coefficient (Wildman–Crippen LogP) is 1.30. The number of carbonyl (C=O) groups is 1. The van der Waals surface area contributed by atoms with Crippen LogP contribution in [0.4, 0.5) is 8.78 Å². The Kier molecular flexibility index (Phi) is 3.68. The fourth-order valence-corrected chi connectivity index (χ4v) is 1.16. The quantitative estimate of drug-likeness (QED) is 0.770. The van der Waals surface area contributed by atoms with Gasteiger partial charge >= 0.3 is 0 Å². The molecule has 1 aromatic heterocycles. The molecule has 0 bridgehead atoms. The summed E-state index contributed by atoms with van der Waals surface area (Å²) in [7, 11) is 1.33. The third-order valence-corrected chi connectivity index (χ3v) is 1.88. The van der Waals surface area contributed by atoms with Crippen molar-refractivity contribution in [1.29, 1.82) is 0 Å². The Labute approximate surface area is 85.1 Å². The number of alkyl halides is 2. The van der Waals surface area contributed by atoms with E-state index < -0.39 is 12.0 Å². The second-order valence-corrected chi connectivity index (χ2v) is 2.75. The van der Waals surface area contributed by atoms with Crippen molar-refractivity contribution in [1.82, 2.24) is 4.98 Å². The number of ether oxygens (including phenoxy) is 1. The number of rotatable bonds is 4. The van der Waals surface area contributed by atoms with Crippen LogP contribution < -0.4 is 10.5 Å². The molecule has 0 spiro atoms. The van der Waals surface area contributed by atoms with Gasteiger partial charge in [-0.05, 0) is 6.07 Å². The van der Waals surface area contributed by atoms with Crippen LogP contribution in [0.2, 0.25) is 0 Å². The molecule has 0 aliphatic heterocycles. The molecule has 0 fully saturated rings. The van der Waals surface area contributed by atoms with Gasteiger partial charge in [-0.1, -0.05) is 0 Å². The Morgan fingerprint density at radius 1 is 1.67 bits per heavy atom. The highest BCUT2D eigenvalue weighted by atomic mass is 19.3. The van der Waals surface area contributed by atoms with Crippen molar-refractivity contribution >= 4 is 6.29 Å². The zero-order valence-corrected chi connectivity index (χ0v) is 8.04. The van der Waals surface area contributed by atoms with E-state index in [4.69, 9.17) is 10.5 Å². The molecule has 0 atom stereocenters. The predicted molar refractivity (Wildman–Crippen MR) is 49.0 cm³/mol. The zero-order chi connectivity index (χ0) is 11.4. The van der Waals surface area contributed by atoms with Gasteiger partial charge in [0.2, 0.25) is 5.88 Å². The van der Waals surface area contributed by atoms with Crippen LogP contribution in [0.3, 0.4) is 0 Å². The standard InChI is InChI=1S/C9H10F2N2O2/c1-15-9-5(3-12)2-6(8(10)11)7(4-14)13-9/h2,4,8H,3,12H2,1H3. The first-order valence-electron chi connectivity index (χ1n) is 4.15. The lowest BCUT2D eigenvalue weighted by molar-refractivity contribution is 0.110. The number of hydrogen-bond donors (Lipinski definition) is 1. The van der Waals surface area contributed by atoms with Gasteiger partial charge in [-0.15, -0.1) is 0 Å². The summed E-state index contributed by atoms with van der Waals surface area (Å²) in [5, 5.41) is 0. The highest BCUT2D eigenvalue weighted by Gasteiger charge is 2.17. The van der Waals surface area contributed by atoms with Gasteiger partial charge in [-0.25, -0.2) is 13.8 Å². The number of carbonyl (C=O) groups excluding carboxylic acids is 1. The lowest BCUT2D eigenvalue weighted by atomic mass is 10.1. The second kappa shape index (κ2) is 4.79. The maximum absolute atomic E-state index is 12.5. The van der Waals surface area contributed by atoms with E-state index in [1.807, 2.05) is 0 Å². The summed E-state index contributed by atoms with van der Waals surface area (Å²) < 4.78 is 29.8. The van der Waals surface area contributed by atoms with Crippen molar-refractivity contribution in [2.24, 2.45) is 5.73 Å². The van der Waals surface area contributed by atoms with Crippen LogP contribution in [0.25, 0.3) is 0 Å². The van der Waals surface area contributed by atoms with Crippen LogP contribution in [0, 0.1) is 0 Å². The molecular formula is C9H10F2N2O2. The molecule has 6 heteroatoms. The average molecular weight is 216 g/mol. The monoisotopic (exact) mass is 216 g/mol. The van der Waals surface area contributed by atoms with E-state index in [9.17, 15) is 13.6 Å². The van der Waals surface area contributed by atoms with E-state index in [1.165, 1.54) is 7.11 Å². The third-order valence-electron chi connectivity index (χ3n) is 1.88. The number of nitrogens with two attached hydrogens (primary N) is 1. The van der Waals surface area contributed by atoms with E-state index >= 15 is 0 Å². The largest absolute Gasteiger partial charge is 0.481 e. The van der Waals surface area contributed by atoms with Gasteiger partial charge in [-0.3, -0.25) is 4.79 Å². The van der Waals surface area contributed by atoms with Gasteiger partial charge < -0.3 is 10.5 Å². The first kappa shape index (κ1) is 11.5. The molecule has 1 rings (SSSR count). The number of hydrogen-bond acceptors (Lipinski definition) is 4. The number of halogens is 2. The van der Waals surface area contributed by atoms with Crippen molar-refractivity contribution in [2.75, 3.05) is 7.11 Å². The molecule has 0 aliphatic rings. The third kappa shape index (κ3) is 2.27. The van der Waals surface area contributed by atoms with E-state index in [-0.39, 0.29) is 24.4 Å². The molecule has 0 saturated carbocycles. The van der Waals surface area contributed by atoms with Gasteiger partial charge in [0.15, 0.2) is 6.29 Å². The Morgan fingerprint density at radius 2 is 2.33 bits per heavy atom. The van der Waals surface area contributed by atoms with Crippen LogP contribution in [0.15, 0.2) is 6.07 Å². The molecule has 1 heterocycles. The van der Waals surface area contributed by atoms with E-state index in [2.05, 4.69) is 4.98 Å². The molecular weight excluding hydrogens is 206 g/mol. The van der Waals surface area contributed by atoms with E-state index in [1.54, 1.807) is 0 Å². The van der Waals surface area contributed by atoms with Crippen LogP contribution in [0.1, 0.15) is 28.0 Å². The number of aromatic nitrogens is 1. The molecule has 1 aromatic rings. The number of aldehydes is 1. The Morgan fingerprint density at radius 3 is 2.73 bits per heavy atom. The van der Waals surface area contributed by atoms with Crippen LogP contribution in [-0.2, 0) is 6.54 Å². The van der Waals surface area contributed by atoms with Gasteiger partial charge in [-0.2, -0.15) is 0 Å². The van der Waals surface area contributed by atoms with E-state index in [0.717, 1.165) is 6.07 Å². The van der Waals surface area contributed by atoms with Crippen molar-refractivity contribution < 1.29 is 18.3 Å². The van der Waals surface area contributed by atoms with Crippen molar-refractivity contribution in [2.45, 2.75) is 13.0 Å². The summed E-state index contributed by atoms with van der Waals surface area (Å²) in [4.78, 5) is 14.2. The SMILES string of the molecule is COc1nc(C=O)c(C(F)F)cc1CN. The lowest BCUT2D eigenvalue weighted by Crippen LogP contribution is -2.07. The molecule has 15 heavy (non-hydrogen) atoms. The normalized spacial score (nSPS) is 10.5. The van der Waals surface area contributed by atoms with Crippen LogP contribution >= 0.6 is 0 Å². The molecule has 0 unspecified atom stereocenters. The molecule has 0 saturated heterocycles. The van der Waals surface area contributed by atoms with Crippen LogP contribution in [0.5, 0.6) is 5.88 Å². The first-order chi connectivity index (χ1) is 7.13. The second-order valence-electron chi connectivity index (χ2n) is 2.75. The van der Waals surface area contributed by atoms with Gasteiger partial charge in [0.1, 0.15) is 5.69 Å². The van der Waals surface area contributed by atoms with Gasteiger partial charge in [0.25, 0.3) is 6.43 Å². The maximum atomic E-state index is 12.5. The summed E-state index contributed by atoms with van der Waals surface area (Å²) in [6.45, 7) is 0.0228. The first-order valence-corrected chi connectivity index (χ1v) is 4.15.